The molecule has 0 fully saturated rings. The van der Waals surface area contributed by atoms with Crippen molar-refractivity contribution >= 4 is 17.1 Å². The van der Waals surface area contributed by atoms with Gasteiger partial charge in [-0.15, -0.1) is 0 Å². The van der Waals surface area contributed by atoms with Gasteiger partial charge in [-0.05, 0) is 6.42 Å². The topological polar surface area (TPSA) is 58.4 Å². The highest BCUT2D eigenvalue weighted by Crippen LogP contribution is 2.24. The van der Waals surface area contributed by atoms with E-state index in [1.165, 1.54) is 4.90 Å². The van der Waals surface area contributed by atoms with Gasteiger partial charge >= 0.3 is 6.18 Å². The van der Waals surface area contributed by atoms with Gasteiger partial charge in [0.1, 0.15) is 0 Å². The Labute approximate surface area is 126 Å². The molecule has 0 aliphatic carbocycles. The average Bonchev–Trinajstić information content (AvgIpc) is 2.76. The molecule has 1 heterocycles. The van der Waals surface area contributed by atoms with Crippen LogP contribution in [0.5, 0.6) is 0 Å². The molecule has 0 aromatic heterocycles. The summed E-state index contributed by atoms with van der Waals surface area (Å²) in [5.41, 5.74) is 0. The Balaban J connectivity index is 2.37. The number of alkyl halides is 3. The number of rotatable bonds is 8. The van der Waals surface area contributed by atoms with Crippen molar-refractivity contribution in [3.05, 3.63) is 22.4 Å². The summed E-state index contributed by atoms with van der Waals surface area (Å²) >= 11 is 5.07. The summed E-state index contributed by atoms with van der Waals surface area (Å²) in [6.45, 7) is 1.98. The van der Waals surface area contributed by atoms with E-state index < -0.39 is 18.8 Å². The maximum atomic E-state index is 12.0. The van der Waals surface area contributed by atoms with Crippen LogP contribution in [0.15, 0.2) is 12.3 Å². The molecule has 1 N–H and O–H groups in total. The molecule has 120 valence electrons. The third-order valence-corrected chi connectivity index (χ3v) is 3.47. The predicted molar refractivity (Wildman–Crippen MR) is 76.5 cm³/mol. The second kappa shape index (κ2) is 7.69. The molecular weight excluding hydrogens is 307 g/mol. The normalized spacial score (nSPS) is 21.8. The van der Waals surface area contributed by atoms with Crippen molar-refractivity contribution in [2.45, 2.75) is 32.1 Å². The first kappa shape index (κ1) is 17.8. The molecule has 0 aromatic rings. The summed E-state index contributed by atoms with van der Waals surface area (Å²) in [5.74, 6) is -0.166. The van der Waals surface area contributed by atoms with E-state index in [0.29, 0.717) is 11.3 Å². The van der Waals surface area contributed by atoms with Gasteiger partial charge in [-0.25, -0.2) is 0 Å². The van der Waals surface area contributed by atoms with Crippen LogP contribution in [-0.4, -0.2) is 46.7 Å². The van der Waals surface area contributed by atoms with Crippen molar-refractivity contribution in [1.29, 1.82) is 0 Å². The van der Waals surface area contributed by atoms with Crippen LogP contribution in [0.1, 0.15) is 19.8 Å². The van der Waals surface area contributed by atoms with Gasteiger partial charge in [0.2, 0.25) is 0 Å². The fourth-order valence-corrected chi connectivity index (χ4v) is 2.39. The Morgan fingerprint density at radius 3 is 2.71 bits per heavy atom. The molecule has 0 amide bonds. The van der Waals surface area contributed by atoms with E-state index >= 15 is 0 Å². The number of hydrogen-bond donors (Lipinski definition) is 1. The van der Waals surface area contributed by atoms with Gasteiger partial charge in [0, 0.05) is 29.1 Å². The summed E-state index contributed by atoms with van der Waals surface area (Å²) in [6.07, 6.45) is -1.90. The monoisotopic (exact) mass is 325 g/mol. The van der Waals surface area contributed by atoms with Crippen molar-refractivity contribution in [1.82, 2.24) is 10.2 Å². The van der Waals surface area contributed by atoms with Crippen molar-refractivity contribution in [2.75, 3.05) is 19.6 Å². The van der Waals surface area contributed by atoms with E-state index in [9.17, 15) is 23.3 Å². The zero-order chi connectivity index (χ0) is 16.0. The Morgan fingerprint density at radius 1 is 1.52 bits per heavy atom. The average molecular weight is 325 g/mol. The van der Waals surface area contributed by atoms with Gasteiger partial charge in [0.25, 0.3) is 6.17 Å². The van der Waals surface area contributed by atoms with Crippen LogP contribution < -0.4 is 5.32 Å². The number of halogens is 3. The number of hydrogen-bond acceptors (Lipinski definition) is 5. The van der Waals surface area contributed by atoms with Crippen LogP contribution in [0, 0.1) is 16.0 Å². The highest BCUT2D eigenvalue weighted by molar-refractivity contribution is 7.80. The molecule has 0 bridgehead atoms. The minimum Gasteiger partial charge on any atom is -0.312 e. The lowest BCUT2D eigenvalue weighted by molar-refractivity contribution is -0.551. The van der Waals surface area contributed by atoms with Gasteiger partial charge < -0.3 is 10.2 Å². The fourth-order valence-electron chi connectivity index (χ4n) is 2.14. The molecule has 21 heavy (non-hydrogen) atoms. The van der Waals surface area contributed by atoms with E-state index in [-0.39, 0.29) is 30.5 Å². The maximum absolute atomic E-state index is 12.0. The minimum atomic E-state index is -4.20. The van der Waals surface area contributed by atoms with Gasteiger partial charge in [-0.3, -0.25) is 10.1 Å². The van der Waals surface area contributed by atoms with Crippen LogP contribution >= 0.6 is 12.2 Å². The second-order valence-corrected chi connectivity index (χ2v) is 5.44. The number of nitrogens with one attached hydrogen (secondary N) is 1. The molecule has 0 saturated carbocycles. The van der Waals surface area contributed by atoms with Gasteiger partial charge in [0.15, 0.2) is 0 Å². The van der Waals surface area contributed by atoms with Gasteiger partial charge in [0.05, 0.1) is 18.9 Å². The first-order valence-electron chi connectivity index (χ1n) is 6.61. The molecule has 1 rings (SSSR count). The summed E-state index contributed by atoms with van der Waals surface area (Å²) < 4.78 is 35.9. The molecule has 5 nitrogen and oxygen atoms in total. The van der Waals surface area contributed by atoms with Crippen molar-refractivity contribution < 1.29 is 18.1 Å². The molecule has 0 radical (unpaired) electrons. The summed E-state index contributed by atoms with van der Waals surface area (Å²) in [4.78, 5) is 12.7. The molecule has 0 aromatic carbocycles. The molecular formula is C12H18F3N3O2S. The zero-order valence-electron chi connectivity index (χ0n) is 11.6. The zero-order valence-corrected chi connectivity index (χ0v) is 12.4. The van der Waals surface area contributed by atoms with Crippen molar-refractivity contribution in [3.8, 4) is 0 Å². The lowest BCUT2D eigenvalue weighted by atomic mass is 10.1. The Hall–Kier alpha value is -1.22. The fraction of sp³-hybridized carbons (Fsp3) is 0.750. The number of nitrogens with zero attached hydrogens (tertiary/aromatic N) is 2. The highest BCUT2D eigenvalue weighted by atomic mass is 32.1. The Kier molecular flexibility index (Phi) is 6.53. The van der Waals surface area contributed by atoms with Crippen LogP contribution in [-0.2, 0) is 0 Å². The largest absolute Gasteiger partial charge is 0.390 e. The van der Waals surface area contributed by atoms with E-state index in [4.69, 9.17) is 12.2 Å². The first-order chi connectivity index (χ1) is 9.74. The van der Waals surface area contributed by atoms with Gasteiger partial charge in [-0.2, -0.15) is 13.2 Å². The second-order valence-electron chi connectivity index (χ2n) is 4.87. The van der Waals surface area contributed by atoms with Crippen molar-refractivity contribution in [3.63, 3.8) is 0 Å². The van der Waals surface area contributed by atoms with E-state index in [0.717, 1.165) is 0 Å². The summed E-state index contributed by atoms with van der Waals surface area (Å²) in [5, 5.41) is 13.7. The lowest BCUT2D eigenvalue weighted by Crippen LogP contribution is -2.42. The molecule has 0 spiro atoms. The number of nitro groups is 1. The third-order valence-electron chi connectivity index (χ3n) is 3.20. The van der Waals surface area contributed by atoms with E-state index in [1.54, 1.807) is 12.3 Å². The quantitative estimate of drug-likeness (QED) is 0.321. The molecule has 0 saturated heterocycles. The SMILES string of the molecule is CCC1C=CN(CC(=S)CNCCC(F)(F)F)C1[N+](=O)[O-]. The predicted octanol–water partition coefficient (Wildman–Crippen LogP) is 2.36. The molecule has 9 heteroatoms. The highest BCUT2D eigenvalue weighted by Gasteiger charge is 2.37. The number of thiocarbonyl (C=S) groups is 1. The molecule has 1 aliphatic rings. The molecule has 2 atom stereocenters. The first-order valence-corrected chi connectivity index (χ1v) is 7.02. The van der Waals surface area contributed by atoms with Crippen LogP contribution in [0.2, 0.25) is 0 Å². The van der Waals surface area contributed by atoms with E-state index in [1.807, 2.05) is 6.92 Å². The summed E-state index contributed by atoms with van der Waals surface area (Å²) in [7, 11) is 0. The summed E-state index contributed by atoms with van der Waals surface area (Å²) in [6, 6.07) is 0. The van der Waals surface area contributed by atoms with Crippen LogP contribution in [0.3, 0.4) is 0 Å². The standard InChI is InChI=1S/C12H18F3N3O2S/c1-2-9-3-6-17(11(9)18(19)20)8-10(21)7-16-5-4-12(13,14)15/h3,6,9,11,16H,2,4-5,7-8H2,1H3. The molecule has 1 aliphatic heterocycles. The van der Waals surface area contributed by atoms with Crippen LogP contribution in [0.25, 0.3) is 0 Å². The van der Waals surface area contributed by atoms with E-state index in [2.05, 4.69) is 5.32 Å². The Morgan fingerprint density at radius 2 is 2.19 bits per heavy atom. The molecule has 2 unspecified atom stereocenters. The van der Waals surface area contributed by atoms with Crippen LogP contribution in [0.4, 0.5) is 13.2 Å². The maximum Gasteiger partial charge on any atom is 0.390 e. The minimum absolute atomic E-state index is 0.136. The van der Waals surface area contributed by atoms with Crippen molar-refractivity contribution in [2.24, 2.45) is 5.92 Å². The smallest absolute Gasteiger partial charge is 0.312 e. The third kappa shape index (κ3) is 5.96. The van der Waals surface area contributed by atoms with Gasteiger partial charge in [-0.1, -0.05) is 25.2 Å². The Bertz CT molecular complexity index is 415. The lowest BCUT2D eigenvalue weighted by Gasteiger charge is -2.22.